The van der Waals surface area contributed by atoms with Gasteiger partial charge < -0.3 is 11.5 Å². The molecule has 2 rings (SSSR count). The lowest BCUT2D eigenvalue weighted by molar-refractivity contribution is 0.734. The van der Waals surface area contributed by atoms with Gasteiger partial charge in [-0.1, -0.05) is 38.1 Å². The maximum atomic E-state index is 5.31. The van der Waals surface area contributed by atoms with Gasteiger partial charge in [0, 0.05) is 5.56 Å². The summed E-state index contributed by atoms with van der Waals surface area (Å²) in [5, 5.41) is 8.72. The Kier molecular flexibility index (Phi) is 5.50. The van der Waals surface area contributed by atoms with E-state index in [1.807, 2.05) is 13.8 Å². The molecule has 1 unspecified atom stereocenters. The molecule has 0 bridgehead atoms. The fourth-order valence-corrected chi connectivity index (χ4v) is 3.24. The SMILES string of the molecule is CCC(C)c1ccc(-c2nc(C)c(/C(C)=N/N=C(N)N)s2)cc1. The molecule has 0 amide bonds. The number of aromatic nitrogens is 1. The molecule has 0 spiro atoms. The molecule has 4 N–H and O–H groups in total. The molecular weight excluding hydrogens is 306 g/mol. The van der Waals surface area contributed by atoms with Gasteiger partial charge in [-0.3, -0.25) is 0 Å². The molecule has 5 nitrogen and oxygen atoms in total. The van der Waals surface area contributed by atoms with Crippen molar-refractivity contribution in [3.63, 3.8) is 0 Å². The predicted molar refractivity (Wildman–Crippen MR) is 99.0 cm³/mol. The summed E-state index contributed by atoms with van der Waals surface area (Å²) in [5.41, 5.74) is 14.8. The molecule has 23 heavy (non-hydrogen) atoms. The molecule has 0 saturated carbocycles. The van der Waals surface area contributed by atoms with Crippen LogP contribution in [0, 0.1) is 6.92 Å². The minimum absolute atomic E-state index is 0.0487. The fraction of sp³-hybridized carbons (Fsp3) is 0.353. The number of benzene rings is 1. The van der Waals surface area contributed by atoms with Crippen LogP contribution in [-0.2, 0) is 0 Å². The van der Waals surface area contributed by atoms with Crippen LogP contribution in [0.15, 0.2) is 34.5 Å². The highest BCUT2D eigenvalue weighted by Gasteiger charge is 2.12. The first-order valence-corrected chi connectivity index (χ1v) is 8.45. The van der Waals surface area contributed by atoms with E-state index in [2.05, 4.69) is 53.3 Å². The van der Waals surface area contributed by atoms with Crippen molar-refractivity contribution in [3.05, 3.63) is 40.4 Å². The maximum Gasteiger partial charge on any atom is 0.211 e. The Morgan fingerprint density at radius 1 is 1.22 bits per heavy atom. The molecule has 1 aromatic heterocycles. The number of rotatable bonds is 5. The van der Waals surface area contributed by atoms with Crippen molar-refractivity contribution in [2.24, 2.45) is 21.7 Å². The molecule has 122 valence electrons. The molecule has 0 radical (unpaired) electrons. The number of hydrogen-bond acceptors (Lipinski definition) is 4. The van der Waals surface area contributed by atoms with Crippen LogP contribution in [0.3, 0.4) is 0 Å². The molecule has 0 aliphatic carbocycles. The summed E-state index contributed by atoms with van der Waals surface area (Å²) in [6.07, 6.45) is 1.14. The molecule has 1 atom stereocenters. The minimum Gasteiger partial charge on any atom is -0.369 e. The quantitative estimate of drug-likeness (QED) is 0.498. The van der Waals surface area contributed by atoms with Gasteiger partial charge in [-0.25, -0.2) is 4.98 Å². The average Bonchev–Trinajstić information content (AvgIpc) is 2.94. The number of thiazole rings is 1. The van der Waals surface area contributed by atoms with Crippen molar-refractivity contribution in [3.8, 4) is 10.6 Å². The monoisotopic (exact) mass is 329 g/mol. The van der Waals surface area contributed by atoms with Gasteiger partial charge in [-0.05, 0) is 31.7 Å². The summed E-state index contributed by atoms with van der Waals surface area (Å²) in [7, 11) is 0. The largest absolute Gasteiger partial charge is 0.369 e. The zero-order valence-electron chi connectivity index (χ0n) is 14.0. The molecule has 0 aliphatic rings. The second kappa shape index (κ2) is 7.37. The van der Waals surface area contributed by atoms with Crippen molar-refractivity contribution in [2.75, 3.05) is 0 Å². The average molecular weight is 329 g/mol. The van der Waals surface area contributed by atoms with E-state index in [0.717, 1.165) is 33.3 Å². The molecule has 0 fully saturated rings. The van der Waals surface area contributed by atoms with Crippen LogP contribution in [0.25, 0.3) is 10.6 Å². The van der Waals surface area contributed by atoms with Gasteiger partial charge in [0.05, 0.1) is 16.3 Å². The molecule has 6 heteroatoms. The third-order valence-corrected chi connectivity index (χ3v) is 5.09. The number of nitrogens with zero attached hydrogens (tertiary/aromatic N) is 3. The summed E-state index contributed by atoms with van der Waals surface area (Å²) >= 11 is 1.60. The van der Waals surface area contributed by atoms with Crippen molar-refractivity contribution >= 4 is 23.0 Å². The first kappa shape index (κ1) is 17.1. The number of nitrogens with two attached hydrogens (primary N) is 2. The Balaban J connectivity index is 2.30. The van der Waals surface area contributed by atoms with Crippen LogP contribution in [0.2, 0.25) is 0 Å². The topological polar surface area (TPSA) is 89.6 Å². The van der Waals surface area contributed by atoms with Crippen molar-refractivity contribution in [1.29, 1.82) is 0 Å². The summed E-state index contributed by atoms with van der Waals surface area (Å²) in [4.78, 5) is 5.65. The number of guanidine groups is 1. The zero-order valence-corrected chi connectivity index (χ0v) is 14.8. The normalized spacial score (nSPS) is 13.0. The van der Waals surface area contributed by atoms with Crippen LogP contribution in [-0.4, -0.2) is 16.7 Å². The van der Waals surface area contributed by atoms with Crippen LogP contribution in [0.5, 0.6) is 0 Å². The van der Waals surface area contributed by atoms with Crippen LogP contribution in [0.4, 0.5) is 0 Å². The fourth-order valence-electron chi connectivity index (χ4n) is 2.22. The summed E-state index contributed by atoms with van der Waals surface area (Å²) < 4.78 is 0. The highest BCUT2D eigenvalue weighted by atomic mass is 32.1. The minimum atomic E-state index is -0.0487. The highest BCUT2D eigenvalue weighted by molar-refractivity contribution is 7.17. The smallest absolute Gasteiger partial charge is 0.211 e. The lowest BCUT2D eigenvalue weighted by Crippen LogP contribution is -2.22. The lowest BCUT2D eigenvalue weighted by Gasteiger charge is -2.08. The molecule has 1 heterocycles. The van der Waals surface area contributed by atoms with E-state index < -0.39 is 0 Å². The Morgan fingerprint density at radius 2 is 1.87 bits per heavy atom. The maximum absolute atomic E-state index is 5.31. The van der Waals surface area contributed by atoms with E-state index in [1.165, 1.54) is 5.56 Å². The first-order valence-electron chi connectivity index (χ1n) is 7.63. The van der Waals surface area contributed by atoms with E-state index in [-0.39, 0.29) is 5.96 Å². The molecule has 0 aliphatic heterocycles. The Labute approximate surface area is 141 Å². The van der Waals surface area contributed by atoms with E-state index >= 15 is 0 Å². The van der Waals surface area contributed by atoms with E-state index in [0.29, 0.717) is 5.92 Å². The number of aryl methyl sites for hydroxylation is 1. The standard InChI is InChI=1S/C17H23N5S/c1-5-10(2)13-6-8-14(9-7-13)16-20-11(3)15(23-16)12(4)21-22-17(18)19/h6-10H,5H2,1-4H3,(H4,18,19,22)/b21-12+. The third kappa shape index (κ3) is 4.16. The first-order chi connectivity index (χ1) is 10.9. The third-order valence-electron chi connectivity index (χ3n) is 3.78. The van der Waals surface area contributed by atoms with E-state index in [4.69, 9.17) is 11.5 Å². The molecular formula is C17H23N5S. The second-order valence-electron chi connectivity index (χ2n) is 5.58. The summed E-state index contributed by atoms with van der Waals surface area (Å²) in [6, 6.07) is 8.62. The number of hydrogen-bond donors (Lipinski definition) is 2. The molecule has 2 aromatic rings. The van der Waals surface area contributed by atoms with Gasteiger partial charge in [-0.2, -0.15) is 5.10 Å². The predicted octanol–water partition coefficient (Wildman–Crippen LogP) is 3.63. The van der Waals surface area contributed by atoms with Crippen LogP contribution < -0.4 is 11.5 Å². The summed E-state index contributed by atoms with van der Waals surface area (Å²) in [6.45, 7) is 8.29. The van der Waals surface area contributed by atoms with Gasteiger partial charge in [0.25, 0.3) is 0 Å². The highest BCUT2D eigenvalue weighted by Crippen LogP contribution is 2.30. The van der Waals surface area contributed by atoms with Crippen molar-refractivity contribution in [2.45, 2.75) is 40.0 Å². The van der Waals surface area contributed by atoms with Crippen LogP contribution in [0.1, 0.15) is 49.2 Å². The van der Waals surface area contributed by atoms with Gasteiger partial charge >= 0.3 is 0 Å². The van der Waals surface area contributed by atoms with Crippen LogP contribution >= 0.6 is 11.3 Å². The van der Waals surface area contributed by atoms with E-state index in [1.54, 1.807) is 11.3 Å². The van der Waals surface area contributed by atoms with Crippen molar-refractivity contribution in [1.82, 2.24) is 4.98 Å². The zero-order chi connectivity index (χ0) is 17.0. The van der Waals surface area contributed by atoms with Gasteiger partial charge in [0.1, 0.15) is 5.01 Å². The van der Waals surface area contributed by atoms with Gasteiger partial charge in [0.2, 0.25) is 5.96 Å². The molecule has 0 saturated heterocycles. The van der Waals surface area contributed by atoms with Gasteiger partial charge in [0.15, 0.2) is 0 Å². The Bertz CT molecular complexity index is 724. The Morgan fingerprint density at radius 3 is 2.43 bits per heavy atom. The van der Waals surface area contributed by atoms with Crippen molar-refractivity contribution < 1.29 is 0 Å². The van der Waals surface area contributed by atoms with Gasteiger partial charge in [-0.15, -0.1) is 16.4 Å². The Hall–Kier alpha value is -2.21. The van der Waals surface area contributed by atoms with E-state index in [9.17, 15) is 0 Å². The lowest BCUT2D eigenvalue weighted by atomic mass is 9.98. The molecule has 1 aromatic carbocycles. The summed E-state index contributed by atoms with van der Waals surface area (Å²) in [5.74, 6) is 0.527. The second-order valence-corrected chi connectivity index (χ2v) is 6.57.